The van der Waals surface area contributed by atoms with E-state index in [9.17, 15) is 32.7 Å². The summed E-state index contributed by atoms with van der Waals surface area (Å²) >= 11 is 0. The van der Waals surface area contributed by atoms with E-state index in [0.29, 0.717) is 56.1 Å². The molecule has 0 spiro atoms. The maximum Gasteiger partial charge on any atom is 0.390 e. The lowest BCUT2D eigenvalue weighted by Gasteiger charge is -2.38. The highest BCUT2D eigenvalue weighted by Crippen LogP contribution is 2.37. The van der Waals surface area contributed by atoms with Gasteiger partial charge in [0.25, 0.3) is 0 Å². The molecule has 2 amide bonds. The van der Waals surface area contributed by atoms with E-state index in [1.54, 1.807) is 17.8 Å². The summed E-state index contributed by atoms with van der Waals surface area (Å²) < 4.78 is 49.7. The Bertz CT molecular complexity index is 2540. The summed E-state index contributed by atoms with van der Waals surface area (Å²) in [5.74, 6) is -0.570. The smallest absolute Gasteiger partial charge is 0.390 e. The molecule has 3 aliphatic heterocycles. The Labute approximate surface area is 375 Å². The fourth-order valence-corrected chi connectivity index (χ4v) is 10.2. The Morgan fingerprint density at radius 1 is 0.877 bits per heavy atom. The number of carbonyl (C=O) groups excluding carboxylic acids is 2. The highest BCUT2D eigenvalue weighted by Gasteiger charge is 2.33. The molecule has 1 aliphatic carbocycles. The molecule has 65 heavy (non-hydrogen) atoms. The number of piperidine rings is 1. The van der Waals surface area contributed by atoms with Crippen molar-refractivity contribution in [1.29, 1.82) is 0 Å². The standard InChI is InChI=1S/C47H59F3N10O5/c1-55-41-26-31(4-11-39(41)60(46(55)64)40-12-13-42(62)53-44(40)63)15-24-65-25-23-56-18-14-35(29-56)58-21-19-57(20-22-58)28-32-2-5-33(6-3-32)38-30-59(34-7-9-36(61)10-8-34)43-37(38)27-52-45(54-43)51-17-16-47(48,49)50/h2-6,11,26-27,30,34-36,40,61H,7-10,12-25,28-29H2,1H3,(H,51,52,54)(H,53,62,63). The number of aliphatic hydroxyl groups excluding tert-OH is 1. The molecular weight excluding hydrogens is 842 g/mol. The van der Waals surface area contributed by atoms with Crippen LogP contribution in [0.1, 0.15) is 74.6 Å². The molecular formula is C47H59F3N10O5. The lowest BCUT2D eigenvalue weighted by molar-refractivity contribution is -0.136. The van der Waals surface area contributed by atoms with E-state index in [1.165, 1.54) is 10.1 Å². The molecule has 18 heteroatoms. The van der Waals surface area contributed by atoms with Crippen LogP contribution in [0.3, 0.4) is 0 Å². The van der Waals surface area contributed by atoms with Crippen molar-refractivity contribution in [3.05, 3.63) is 76.5 Å². The molecule has 2 atom stereocenters. The van der Waals surface area contributed by atoms with Gasteiger partial charge >= 0.3 is 11.9 Å². The summed E-state index contributed by atoms with van der Waals surface area (Å²) in [7, 11) is 1.71. The first kappa shape index (κ1) is 45.0. The highest BCUT2D eigenvalue weighted by atomic mass is 19.4. The molecule has 9 rings (SSSR count). The van der Waals surface area contributed by atoms with Gasteiger partial charge < -0.3 is 19.7 Å². The zero-order valence-corrected chi connectivity index (χ0v) is 36.9. The average Bonchev–Trinajstić information content (AvgIpc) is 3.98. The van der Waals surface area contributed by atoms with Crippen LogP contribution < -0.4 is 16.3 Å². The molecule has 3 N–H and O–H groups in total. The number of fused-ring (bicyclic) bond motifs is 2. The van der Waals surface area contributed by atoms with Crippen LogP contribution in [-0.2, 0) is 34.3 Å². The van der Waals surface area contributed by atoms with Crippen molar-refractivity contribution in [1.82, 2.24) is 43.7 Å². The van der Waals surface area contributed by atoms with E-state index in [4.69, 9.17) is 9.72 Å². The van der Waals surface area contributed by atoms with E-state index in [0.717, 1.165) is 99.2 Å². The number of ether oxygens (including phenoxy) is 1. The number of aryl methyl sites for hydroxylation is 1. The third-order valence-corrected chi connectivity index (χ3v) is 13.9. The fourth-order valence-electron chi connectivity index (χ4n) is 10.2. The summed E-state index contributed by atoms with van der Waals surface area (Å²) in [5, 5.41) is 16.1. The number of aromatic nitrogens is 5. The number of carbonyl (C=O) groups is 2. The molecule has 3 aromatic heterocycles. The zero-order valence-electron chi connectivity index (χ0n) is 36.9. The van der Waals surface area contributed by atoms with Gasteiger partial charge in [-0.15, -0.1) is 0 Å². The SMILES string of the molecule is Cn1c(=O)n(C2CCC(=O)NC2=O)c2ccc(CCOCCN3CCC(N4CCN(Cc5ccc(-c6cn(C7CCC(O)CC7)c7nc(NCCC(F)(F)F)ncc67)cc5)CC4)C3)cc21. The summed E-state index contributed by atoms with van der Waals surface area (Å²) in [6.07, 6.45) is 3.63. The number of halogens is 3. The van der Waals surface area contributed by atoms with Crippen LogP contribution in [0.2, 0.25) is 0 Å². The minimum absolute atomic E-state index is 0.134. The maximum absolute atomic E-state index is 13.1. The van der Waals surface area contributed by atoms with Gasteiger partial charge in [-0.05, 0) is 80.3 Å². The van der Waals surface area contributed by atoms with Gasteiger partial charge in [0.2, 0.25) is 17.8 Å². The number of alkyl halides is 3. The van der Waals surface area contributed by atoms with Crippen molar-refractivity contribution in [3.8, 4) is 11.1 Å². The van der Waals surface area contributed by atoms with E-state index in [2.05, 4.69) is 65.3 Å². The van der Waals surface area contributed by atoms with Crippen LogP contribution in [0.5, 0.6) is 0 Å². The summed E-state index contributed by atoms with van der Waals surface area (Å²) in [4.78, 5) is 54.0. The third kappa shape index (κ3) is 10.3. The molecule has 1 saturated carbocycles. The number of nitrogens with one attached hydrogen (secondary N) is 2. The van der Waals surface area contributed by atoms with Crippen LogP contribution in [0, 0.1) is 0 Å². The van der Waals surface area contributed by atoms with Crippen molar-refractivity contribution >= 4 is 39.8 Å². The normalized spacial score (nSPS) is 22.9. The molecule has 4 fully saturated rings. The van der Waals surface area contributed by atoms with Gasteiger partial charge in [-0.2, -0.15) is 18.2 Å². The Hall–Kier alpha value is -5.14. The maximum atomic E-state index is 13.1. The molecule has 348 valence electrons. The second-order valence-corrected chi connectivity index (χ2v) is 18.3. The van der Waals surface area contributed by atoms with E-state index >= 15 is 0 Å². The number of benzene rings is 2. The van der Waals surface area contributed by atoms with Crippen molar-refractivity contribution < 1.29 is 32.6 Å². The lowest BCUT2D eigenvalue weighted by atomic mass is 9.93. The topological polar surface area (TPSA) is 155 Å². The molecule has 0 radical (unpaired) electrons. The van der Waals surface area contributed by atoms with Crippen molar-refractivity contribution in [2.24, 2.45) is 7.05 Å². The number of anilines is 1. The Kier molecular flexibility index (Phi) is 13.4. The predicted molar refractivity (Wildman–Crippen MR) is 240 cm³/mol. The van der Waals surface area contributed by atoms with Crippen LogP contribution in [0.4, 0.5) is 19.1 Å². The molecule has 15 nitrogen and oxygen atoms in total. The summed E-state index contributed by atoms with van der Waals surface area (Å²) in [6, 6.07) is 14.5. The fraction of sp³-hybridized carbons (Fsp3) is 0.553. The summed E-state index contributed by atoms with van der Waals surface area (Å²) in [6.45, 7) is 8.85. The largest absolute Gasteiger partial charge is 0.393 e. The van der Waals surface area contributed by atoms with Crippen molar-refractivity contribution in [2.45, 2.75) is 94.7 Å². The second-order valence-electron chi connectivity index (χ2n) is 18.3. The second kappa shape index (κ2) is 19.4. The average molecular weight is 901 g/mol. The van der Waals surface area contributed by atoms with E-state index in [1.807, 2.05) is 18.2 Å². The van der Waals surface area contributed by atoms with Crippen molar-refractivity contribution in [3.63, 3.8) is 0 Å². The zero-order chi connectivity index (χ0) is 45.2. The third-order valence-electron chi connectivity index (χ3n) is 13.9. The molecule has 4 aliphatic rings. The Morgan fingerprint density at radius 2 is 1.65 bits per heavy atom. The molecule has 2 unspecified atom stereocenters. The molecule has 0 bridgehead atoms. The Balaban J connectivity index is 0.724. The minimum atomic E-state index is -4.26. The number of amides is 2. The summed E-state index contributed by atoms with van der Waals surface area (Å²) in [5.41, 5.74) is 6.16. The Morgan fingerprint density at radius 3 is 2.40 bits per heavy atom. The van der Waals surface area contributed by atoms with Crippen LogP contribution in [-0.4, -0.2) is 139 Å². The number of piperazine rings is 1. The van der Waals surface area contributed by atoms with Gasteiger partial charge in [-0.25, -0.2) is 9.78 Å². The van der Waals surface area contributed by atoms with Crippen LogP contribution in [0.25, 0.3) is 33.2 Å². The first-order valence-corrected chi connectivity index (χ1v) is 23.1. The highest BCUT2D eigenvalue weighted by molar-refractivity contribution is 6.00. The molecule has 6 heterocycles. The van der Waals surface area contributed by atoms with Gasteiger partial charge in [-0.1, -0.05) is 30.3 Å². The van der Waals surface area contributed by atoms with Crippen LogP contribution in [0.15, 0.2) is 59.7 Å². The molecule has 5 aromatic rings. The number of hydrogen-bond acceptors (Lipinski definition) is 11. The number of hydrogen-bond donors (Lipinski definition) is 3. The number of imidazole rings is 1. The van der Waals surface area contributed by atoms with Gasteiger partial charge in [0.15, 0.2) is 0 Å². The van der Waals surface area contributed by atoms with Gasteiger partial charge in [0, 0.05) is 101 Å². The minimum Gasteiger partial charge on any atom is -0.393 e. The monoisotopic (exact) mass is 900 g/mol. The van der Waals surface area contributed by atoms with Gasteiger partial charge in [0.1, 0.15) is 11.7 Å². The number of likely N-dealkylation sites (tertiary alicyclic amines) is 1. The molecule has 2 aromatic carbocycles. The predicted octanol–water partition coefficient (Wildman–Crippen LogP) is 5.02. The van der Waals surface area contributed by atoms with Gasteiger partial charge in [-0.3, -0.25) is 38.7 Å². The quantitative estimate of drug-likeness (QED) is 0.0959. The lowest BCUT2D eigenvalue weighted by Crippen LogP contribution is -2.50. The van der Waals surface area contributed by atoms with E-state index < -0.39 is 24.5 Å². The molecule has 3 saturated heterocycles. The number of imide groups is 1. The number of rotatable bonds is 15. The number of aliphatic hydroxyl groups is 1. The number of nitrogens with zero attached hydrogens (tertiary/aromatic N) is 8. The first-order valence-electron chi connectivity index (χ1n) is 23.1. The first-order chi connectivity index (χ1) is 31.4. The van der Waals surface area contributed by atoms with Crippen LogP contribution >= 0.6 is 0 Å². The van der Waals surface area contributed by atoms with E-state index in [-0.39, 0.29) is 42.7 Å². The van der Waals surface area contributed by atoms with Gasteiger partial charge in [0.05, 0.1) is 36.8 Å². The van der Waals surface area contributed by atoms with Crippen molar-refractivity contribution in [2.75, 3.05) is 70.9 Å².